The predicted molar refractivity (Wildman–Crippen MR) is 51.8 cm³/mol. The van der Waals surface area contributed by atoms with Crippen LogP contribution < -0.4 is 5.40 Å². The molecule has 0 amide bonds. The molecule has 11 heavy (non-hydrogen) atoms. The fourth-order valence-electron chi connectivity index (χ4n) is 1.25. The van der Waals surface area contributed by atoms with Gasteiger partial charge >= 0.3 is 0 Å². The quantitative estimate of drug-likeness (QED) is 0.665. The monoisotopic (exact) mass is 175 g/mol. The van der Waals surface area contributed by atoms with E-state index in [1.54, 1.807) is 0 Å². The zero-order chi connectivity index (χ0) is 9.07. The summed E-state index contributed by atoms with van der Waals surface area (Å²) in [5, 5.41) is 6.21. The van der Waals surface area contributed by atoms with Gasteiger partial charge in [0.2, 0.25) is 0 Å². The lowest BCUT2D eigenvalue weighted by Gasteiger charge is -2.33. The average molecular weight is 175 g/mol. The second kappa shape index (κ2) is 4.23. The molecule has 0 aromatic carbocycles. The van der Waals surface area contributed by atoms with Gasteiger partial charge in [0, 0.05) is 6.61 Å². The molecule has 0 bridgehead atoms. The molecule has 0 atom stereocenters. The van der Waals surface area contributed by atoms with Gasteiger partial charge in [-0.15, -0.1) is 0 Å². The largest absolute Gasteiger partial charge is 0.403 e. The van der Waals surface area contributed by atoms with E-state index in [-0.39, 0.29) is 0 Å². The van der Waals surface area contributed by atoms with Crippen LogP contribution in [0.1, 0.15) is 34.6 Å². The molecule has 68 valence electrons. The highest BCUT2D eigenvalue weighted by Gasteiger charge is 2.37. The molecule has 0 rings (SSSR count). The fourth-order valence-corrected chi connectivity index (χ4v) is 3.75. The minimum atomic E-state index is -1.90. The highest BCUT2D eigenvalue weighted by Crippen LogP contribution is 2.27. The number of hydrogen-bond donors (Lipinski definition) is 1. The fraction of sp³-hybridized carbons (Fsp3) is 1.00. The van der Waals surface area contributed by atoms with Gasteiger partial charge in [0.15, 0.2) is 0 Å². The second-order valence-corrected chi connectivity index (χ2v) is 7.90. The Morgan fingerprint density at radius 2 is 1.55 bits per heavy atom. The molecule has 2 N–H and O–H groups in total. The summed E-state index contributed by atoms with van der Waals surface area (Å²) in [6.45, 7) is 11.4. The van der Waals surface area contributed by atoms with Crippen LogP contribution in [0.25, 0.3) is 0 Å². The Labute approximate surface area is 71.3 Å². The van der Waals surface area contributed by atoms with E-state index in [1.165, 1.54) is 0 Å². The second-order valence-electron chi connectivity index (χ2n) is 3.60. The van der Waals surface area contributed by atoms with Gasteiger partial charge in [0.05, 0.1) is 0 Å². The molecule has 2 nitrogen and oxygen atoms in total. The van der Waals surface area contributed by atoms with E-state index in [0.717, 1.165) is 6.61 Å². The van der Waals surface area contributed by atoms with E-state index < -0.39 is 8.48 Å². The zero-order valence-corrected chi connectivity index (χ0v) is 9.35. The van der Waals surface area contributed by atoms with Crippen molar-refractivity contribution in [2.75, 3.05) is 6.61 Å². The molecular weight excluding hydrogens is 154 g/mol. The maximum absolute atomic E-state index is 6.21. The van der Waals surface area contributed by atoms with Gasteiger partial charge in [-0.2, -0.15) is 0 Å². The molecule has 3 heteroatoms. The molecule has 0 spiro atoms. The molecule has 0 aromatic rings. The molecule has 0 saturated heterocycles. The molecule has 0 aliphatic carbocycles. The van der Waals surface area contributed by atoms with Gasteiger partial charge in [-0.3, -0.25) is 0 Å². The van der Waals surface area contributed by atoms with Gasteiger partial charge in [0.1, 0.15) is 0 Å². The lowest BCUT2D eigenvalue weighted by molar-refractivity contribution is 0.305. The highest BCUT2D eigenvalue weighted by atomic mass is 28.4. The van der Waals surface area contributed by atoms with Crippen molar-refractivity contribution >= 4 is 8.48 Å². The van der Waals surface area contributed by atoms with Crippen molar-refractivity contribution in [1.29, 1.82) is 0 Å². The van der Waals surface area contributed by atoms with Crippen LogP contribution in [0.15, 0.2) is 0 Å². The van der Waals surface area contributed by atoms with E-state index in [1.807, 2.05) is 6.92 Å². The van der Waals surface area contributed by atoms with Gasteiger partial charge in [-0.25, -0.2) is 0 Å². The van der Waals surface area contributed by atoms with E-state index in [0.29, 0.717) is 11.1 Å². The summed E-state index contributed by atoms with van der Waals surface area (Å²) in [4.78, 5) is 0. The molecule has 0 aliphatic rings. The SMILES string of the molecule is CCO[Si](N)(C(C)C)C(C)C. The first-order valence-electron chi connectivity index (χ1n) is 4.38. The normalized spacial score (nSPS) is 13.1. The van der Waals surface area contributed by atoms with Crippen LogP contribution in [0.5, 0.6) is 0 Å². The van der Waals surface area contributed by atoms with Crippen LogP contribution in [-0.2, 0) is 4.43 Å². The summed E-state index contributed by atoms with van der Waals surface area (Å²) in [5.41, 5.74) is 1.00. The van der Waals surface area contributed by atoms with E-state index >= 15 is 0 Å². The molecule has 0 radical (unpaired) electrons. The molecule has 0 aromatic heterocycles. The van der Waals surface area contributed by atoms with Crippen molar-refractivity contribution in [3.8, 4) is 0 Å². The maximum atomic E-state index is 6.21. The van der Waals surface area contributed by atoms with Gasteiger partial charge < -0.3 is 9.83 Å². The third-order valence-electron chi connectivity index (χ3n) is 2.20. The highest BCUT2D eigenvalue weighted by molar-refractivity contribution is 6.73. The first kappa shape index (κ1) is 11.1. The van der Waals surface area contributed by atoms with Crippen molar-refractivity contribution in [3.05, 3.63) is 0 Å². The third kappa shape index (κ3) is 2.58. The first-order valence-corrected chi connectivity index (χ1v) is 6.52. The average Bonchev–Trinajstić information content (AvgIpc) is 1.87. The maximum Gasteiger partial charge on any atom is 0.271 e. The number of nitrogens with two attached hydrogens (primary N) is 1. The Kier molecular flexibility index (Phi) is 4.29. The predicted octanol–water partition coefficient (Wildman–Crippen LogP) is 2.24. The Hall–Kier alpha value is 0.137. The van der Waals surface area contributed by atoms with E-state index in [2.05, 4.69) is 27.7 Å². The minimum absolute atomic E-state index is 0.502. The van der Waals surface area contributed by atoms with Crippen molar-refractivity contribution in [2.45, 2.75) is 45.7 Å². The molecular formula is C8H21NOSi. The smallest absolute Gasteiger partial charge is 0.271 e. The Bertz CT molecular complexity index is 107. The van der Waals surface area contributed by atoms with Gasteiger partial charge in [-0.05, 0) is 18.0 Å². The van der Waals surface area contributed by atoms with E-state index in [9.17, 15) is 0 Å². The third-order valence-corrected chi connectivity index (χ3v) is 6.60. The lowest BCUT2D eigenvalue weighted by atomic mass is 10.5. The van der Waals surface area contributed by atoms with Crippen molar-refractivity contribution in [2.24, 2.45) is 5.40 Å². The van der Waals surface area contributed by atoms with Gasteiger partial charge in [0.25, 0.3) is 8.48 Å². The zero-order valence-electron chi connectivity index (χ0n) is 8.35. The van der Waals surface area contributed by atoms with Crippen molar-refractivity contribution < 1.29 is 4.43 Å². The summed E-state index contributed by atoms with van der Waals surface area (Å²) < 4.78 is 5.67. The van der Waals surface area contributed by atoms with Crippen LogP contribution in [-0.4, -0.2) is 15.1 Å². The summed E-state index contributed by atoms with van der Waals surface area (Å²) >= 11 is 0. The molecule has 0 heterocycles. The number of hydrogen-bond acceptors (Lipinski definition) is 2. The summed E-state index contributed by atoms with van der Waals surface area (Å²) in [5.74, 6) is 0. The van der Waals surface area contributed by atoms with Crippen LogP contribution in [0.3, 0.4) is 0 Å². The Balaban J connectivity index is 4.26. The van der Waals surface area contributed by atoms with Crippen molar-refractivity contribution in [3.63, 3.8) is 0 Å². The molecule has 0 fully saturated rings. The molecule has 0 unspecified atom stereocenters. The lowest BCUT2D eigenvalue weighted by Crippen LogP contribution is -2.54. The van der Waals surface area contributed by atoms with Crippen LogP contribution in [0.4, 0.5) is 0 Å². The topological polar surface area (TPSA) is 35.2 Å². The van der Waals surface area contributed by atoms with Crippen LogP contribution >= 0.6 is 0 Å². The first-order chi connectivity index (χ1) is 4.95. The standard InChI is InChI=1S/C8H21NOSi/c1-6-10-11(9,7(2)3)8(4)5/h7-8H,6,9H2,1-5H3. The summed E-state index contributed by atoms with van der Waals surface area (Å²) in [6, 6.07) is 0. The van der Waals surface area contributed by atoms with Crippen LogP contribution in [0.2, 0.25) is 11.1 Å². The Morgan fingerprint density at radius 3 is 1.64 bits per heavy atom. The number of rotatable bonds is 4. The molecule has 0 saturated carbocycles. The van der Waals surface area contributed by atoms with Crippen LogP contribution in [0, 0.1) is 0 Å². The summed E-state index contributed by atoms with van der Waals surface area (Å²) in [6.07, 6.45) is 0. The van der Waals surface area contributed by atoms with Gasteiger partial charge in [-0.1, -0.05) is 27.7 Å². The summed E-state index contributed by atoms with van der Waals surface area (Å²) in [7, 11) is -1.90. The minimum Gasteiger partial charge on any atom is -0.403 e. The molecule has 0 aliphatic heterocycles. The van der Waals surface area contributed by atoms with Crippen molar-refractivity contribution in [1.82, 2.24) is 0 Å². The Morgan fingerprint density at radius 1 is 1.18 bits per heavy atom. The van der Waals surface area contributed by atoms with E-state index in [4.69, 9.17) is 9.83 Å².